The van der Waals surface area contributed by atoms with Crippen LogP contribution in [0.4, 0.5) is 0 Å². The van der Waals surface area contributed by atoms with E-state index in [-0.39, 0.29) is 0 Å². The minimum atomic E-state index is 0.338. The van der Waals surface area contributed by atoms with E-state index in [4.69, 9.17) is 16.3 Å². The van der Waals surface area contributed by atoms with Gasteiger partial charge in [0.2, 0.25) is 5.88 Å². The van der Waals surface area contributed by atoms with Gasteiger partial charge < -0.3 is 9.72 Å². The third kappa shape index (κ3) is 2.69. The smallest absolute Gasteiger partial charge is 0.233 e. The van der Waals surface area contributed by atoms with E-state index in [1.807, 2.05) is 18.3 Å². The Bertz CT molecular complexity index is 696. The monoisotopic (exact) mass is 273 g/mol. The van der Waals surface area contributed by atoms with Crippen molar-refractivity contribution in [3.05, 3.63) is 53.6 Å². The van der Waals surface area contributed by atoms with Crippen LogP contribution in [0.15, 0.2) is 42.9 Å². The summed E-state index contributed by atoms with van der Waals surface area (Å²) in [4.78, 5) is 11.2. The maximum atomic E-state index is 5.74. The Morgan fingerprint density at radius 1 is 1.21 bits per heavy atom. The van der Waals surface area contributed by atoms with Crippen molar-refractivity contribution >= 4 is 22.5 Å². The molecule has 0 spiro atoms. The van der Waals surface area contributed by atoms with Gasteiger partial charge in [-0.05, 0) is 11.6 Å². The van der Waals surface area contributed by atoms with Gasteiger partial charge in [0.1, 0.15) is 0 Å². The molecule has 0 radical (unpaired) electrons. The predicted octanol–water partition coefficient (Wildman–Crippen LogP) is 3.23. The summed E-state index contributed by atoms with van der Waals surface area (Å²) in [6.07, 6.45) is 5.85. The summed E-state index contributed by atoms with van der Waals surface area (Å²) in [6.45, 7) is 0.539. The van der Waals surface area contributed by atoms with E-state index >= 15 is 0 Å². The maximum Gasteiger partial charge on any atom is 0.233 e. The molecular formula is C14H12ClN3O. The standard InChI is InChI=1S/C14H12ClN3O/c15-13-8-16-9-14(18-13)19-6-5-10-7-17-12-4-2-1-3-11(10)12/h1-4,7-9,17H,5-6H2. The molecule has 3 rings (SSSR count). The molecule has 0 saturated heterocycles. The molecule has 0 unspecified atom stereocenters. The Morgan fingerprint density at radius 2 is 2.11 bits per heavy atom. The highest BCUT2D eigenvalue weighted by Crippen LogP contribution is 2.18. The Labute approximate surface area is 115 Å². The van der Waals surface area contributed by atoms with Crippen LogP contribution in [0.2, 0.25) is 5.15 Å². The maximum absolute atomic E-state index is 5.74. The summed E-state index contributed by atoms with van der Waals surface area (Å²) < 4.78 is 5.54. The van der Waals surface area contributed by atoms with Crippen molar-refractivity contribution in [3.8, 4) is 5.88 Å². The van der Waals surface area contributed by atoms with Crippen LogP contribution in [0.1, 0.15) is 5.56 Å². The van der Waals surface area contributed by atoms with E-state index in [2.05, 4.69) is 27.1 Å². The first-order valence-electron chi connectivity index (χ1n) is 5.98. The van der Waals surface area contributed by atoms with Gasteiger partial charge in [-0.1, -0.05) is 29.8 Å². The lowest BCUT2D eigenvalue weighted by Crippen LogP contribution is -2.02. The molecule has 0 aliphatic rings. The first-order chi connectivity index (χ1) is 9.33. The lowest BCUT2D eigenvalue weighted by atomic mass is 10.1. The summed E-state index contributed by atoms with van der Waals surface area (Å²) in [5, 5.41) is 1.56. The van der Waals surface area contributed by atoms with Gasteiger partial charge in [-0.25, -0.2) is 0 Å². The van der Waals surface area contributed by atoms with Crippen LogP contribution in [-0.2, 0) is 6.42 Å². The summed E-state index contributed by atoms with van der Waals surface area (Å²) in [7, 11) is 0. The number of fused-ring (bicyclic) bond motifs is 1. The molecule has 4 nitrogen and oxygen atoms in total. The van der Waals surface area contributed by atoms with Crippen molar-refractivity contribution in [2.45, 2.75) is 6.42 Å². The number of H-pyrrole nitrogens is 1. The van der Waals surface area contributed by atoms with E-state index in [9.17, 15) is 0 Å². The molecule has 2 heterocycles. The lowest BCUT2D eigenvalue weighted by molar-refractivity contribution is 0.308. The van der Waals surface area contributed by atoms with Crippen LogP contribution in [0, 0.1) is 0 Å². The normalized spacial score (nSPS) is 10.8. The number of hydrogen-bond donors (Lipinski definition) is 1. The van der Waals surface area contributed by atoms with Crippen molar-refractivity contribution in [1.29, 1.82) is 0 Å². The highest BCUT2D eigenvalue weighted by atomic mass is 35.5. The predicted molar refractivity (Wildman–Crippen MR) is 74.5 cm³/mol. The number of para-hydroxylation sites is 1. The molecule has 0 fully saturated rings. The Balaban J connectivity index is 1.66. The fourth-order valence-electron chi connectivity index (χ4n) is 2.00. The number of halogens is 1. The molecule has 0 saturated carbocycles. The number of benzene rings is 1. The summed E-state index contributed by atoms with van der Waals surface area (Å²) in [5.74, 6) is 0.451. The SMILES string of the molecule is Clc1cncc(OCCc2c[nH]c3ccccc23)n1. The van der Waals surface area contributed by atoms with E-state index < -0.39 is 0 Å². The van der Waals surface area contributed by atoms with Gasteiger partial charge in [0.05, 0.1) is 19.0 Å². The number of aromatic amines is 1. The lowest BCUT2D eigenvalue weighted by Gasteiger charge is -2.04. The second-order valence-electron chi connectivity index (χ2n) is 4.14. The molecule has 5 heteroatoms. The molecule has 1 N–H and O–H groups in total. The van der Waals surface area contributed by atoms with Crippen molar-refractivity contribution in [3.63, 3.8) is 0 Å². The number of hydrogen-bond acceptors (Lipinski definition) is 3. The van der Waals surface area contributed by atoms with Gasteiger partial charge in [0.15, 0.2) is 5.15 Å². The largest absolute Gasteiger partial charge is 0.476 e. The zero-order valence-corrected chi connectivity index (χ0v) is 10.9. The minimum Gasteiger partial charge on any atom is -0.476 e. The molecule has 1 aromatic carbocycles. The van der Waals surface area contributed by atoms with Crippen LogP contribution in [0.5, 0.6) is 5.88 Å². The summed E-state index contributed by atoms with van der Waals surface area (Å²) >= 11 is 5.74. The Kier molecular flexibility index (Phi) is 3.33. The quantitative estimate of drug-likeness (QED) is 0.794. The van der Waals surface area contributed by atoms with Crippen LogP contribution in [0.25, 0.3) is 10.9 Å². The molecule has 0 aliphatic heterocycles. The van der Waals surface area contributed by atoms with Crippen LogP contribution in [0.3, 0.4) is 0 Å². The number of nitrogens with one attached hydrogen (secondary N) is 1. The minimum absolute atomic E-state index is 0.338. The molecule has 19 heavy (non-hydrogen) atoms. The number of aromatic nitrogens is 3. The van der Waals surface area contributed by atoms with Crippen molar-refractivity contribution < 1.29 is 4.74 Å². The number of ether oxygens (including phenoxy) is 1. The van der Waals surface area contributed by atoms with Crippen molar-refractivity contribution in [1.82, 2.24) is 15.0 Å². The Morgan fingerprint density at radius 3 is 3.00 bits per heavy atom. The molecule has 96 valence electrons. The van der Waals surface area contributed by atoms with Gasteiger partial charge in [-0.15, -0.1) is 0 Å². The van der Waals surface area contributed by atoms with Crippen molar-refractivity contribution in [2.75, 3.05) is 6.61 Å². The van der Waals surface area contributed by atoms with Gasteiger partial charge in [0, 0.05) is 23.5 Å². The topological polar surface area (TPSA) is 50.8 Å². The highest BCUT2D eigenvalue weighted by molar-refractivity contribution is 6.29. The van der Waals surface area contributed by atoms with Crippen LogP contribution >= 0.6 is 11.6 Å². The average molecular weight is 274 g/mol. The zero-order valence-electron chi connectivity index (χ0n) is 10.1. The molecular weight excluding hydrogens is 262 g/mol. The summed E-state index contributed by atoms with van der Waals surface area (Å²) in [6, 6.07) is 8.20. The van der Waals surface area contributed by atoms with E-state index in [1.165, 1.54) is 17.1 Å². The van der Waals surface area contributed by atoms with Gasteiger partial charge in [-0.2, -0.15) is 4.98 Å². The third-order valence-corrected chi connectivity index (χ3v) is 3.06. The van der Waals surface area contributed by atoms with Gasteiger partial charge in [-0.3, -0.25) is 4.98 Å². The van der Waals surface area contributed by atoms with Crippen LogP contribution < -0.4 is 4.74 Å². The molecule has 0 aliphatic carbocycles. The zero-order chi connectivity index (χ0) is 13.1. The number of rotatable bonds is 4. The second kappa shape index (κ2) is 5.28. The number of nitrogens with zero attached hydrogens (tertiary/aromatic N) is 2. The van der Waals surface area contributed by atoms with Gasteiger partial charge >= 0.3 is 0 Å². The van der Waals surface area contributed by atoms with E-state index in [0.717, 1.165) is 11.9 Å². The second-order valence-corrected chi connectivity index (χ2v) is 4.53. The fourth-order valence-corrected chi connectivity index (χ4v) is 2.14. The molecule has 0 atom stereocenters. The van der Waals surface area contributed by atoms with Gasteiger partial charge in [0.25, 0.3) is 0 Å². The molecule has 3 aromatic rings. The Hall–Kier alpha value is -2.07. The van der Waals surface area contributed by atoms with Crippen molar-refractivity contribution in [2.24, 2.45) is 0 Å². The highest BCUT2D eigenvalue weighted by Gasteiger charge is 2.03. The first-order valence-corrected chi connectivity index (χ1v) is 6.36. The third-order valence-electron chi connectivity index (χ3n) is 2.88. The molecule has 0 amide bonds. The fraction of sp³-hybridized carbons (Fsp3) is 0.143. The van der Waals surface area contributed by atoms with E-state index in [0.29, 0.717) is 17.6 Å². The average Bonchev–Trinajstić information content (AvgIpc) is 2.83. The molecule has 0 bridgehead atoms. The summed E-state index contributed by atoms with van der Waals surface area (Å²) in [5.41, 5.74) is 2.37. The van der Waals surface area contributed by atoms with E-state index in [1.54, 1.807) is 6.20 Å². The molecule has 2 aromatic heterocycles. The van der Waals surface area contributed by atoms with Crippen LogP contribution in [-0.4, -0.2) is 21.6 Å². The first kappa shape index (κ1) is 12.0.